The van der Waals surface area contributed by atoms with Crippen molar-refractivity contribution >= 4 is 19.7 Å². The molecule has 3 aliphatic carbocycles. The van der Waals surface area contributed by atoms with Crippen LogP contribution in [0.3, 0.4) is 0 Å². The summed E-state index contributed by atoms with van der Waals surface area (Å²) in [5, 5.41) is 0. The molecule has 0 heterocycles. The second-order valence-corrected chi connectivity index (χ2v) is 15.1. The van der Waals surface area contributed by atoms with E-state index in [2.05, 4.69) is 60.3 Å². The molecule has 0 saturated heterocycles. The van der Waals surface area contributed by atoms with Crippen molar-refractivity contribution in [1.29, 1.82) is 0 Å². The fourth-order valence-electron chi connectivity index (χ4n) is 4.25. The Kier molecular flexibility index (Phi) is 236. The lowest BCUT2D eigenvalue weighted by atomic mass is 9.84. The molecule has 0 aromatic rings. The van der Waals surface area contributed by atoms with Crippen LogP contribution in [0.4, 0.5) is 0 Å². The average Bonchev–Trinajstić information content (AvgIpc) is 3.58. The highest BCUT2D eigenvalue weighted by Crippen LogP contribution is 2.28. The van der Waals surface area contributed by atoms with E-state index >= 15 is 0 Å². The summed E-state index contributed by atoms with van der Waals surface area (Å²) in [5.74, 6) is 3.30. The van der Waals surface area contributed by atoms with Crippen LogP contribution in [-0.2, 0) is 8.87 Å². The second-order valence-electron chi connectivity index (χ2n) is 10.5. The monoisotopic (exact) mass is 843 g/mol. The molecule has 0 spiro atoms. The van der Waals surface area contributed by atoms with Crippen molar-refractivity contribution in [1.82, 2.24) is 0 Å². The zero-order valence-electron chi connectivity index (χ0n) is 32.5. The van der Waals surface area contributed by atoms with Crippen LogP contribution in [0.15, 0.2) is 24.8 Å². The van der Waals surface area contributed by atoms with Crippen molar-refractivity contribution in [2.75, 3.05) is 12.5 Å². The first-order valence-electron chi connectivity index (χ1n) is 18.7. The normalized spacial score (nSPS) is 12.2. The molecule has 0 unspecified atom stereocenters. The molecule has 0 aromatic heterocycles. The topological polar surface area (TPSA) is 34.1 Å². The standard InChI is InChI=1S/C8H16.C7H14.2C6H12.C4H8.C2H6O2S2.3C2H6.12CH4/c1-2-8-6-4-3-5-7-8;1-2-7-5-3-4-6-7;1-2-6-4-3-5-6;1-3-5-6-4-2;1-3-4-2;1-5-6(2,3)4;3*1-2;;;;;;;;;;;;/h8H,2-7H2,1H3;7H,2-6H2,1H3;6H,2-5H2,1H3;5-6H,3-4H2,1-2H3;3H,1,4H2,2H3;1-2H3;3*1-2H3;12*1H4. The van der Waals surface area contributed by atoms with E-state index in [-0.39, 0.29) is 89.1 Å². The van der Waals surface area contributed by atoms with Gasteiger partial charge in [0.2, 0.25) is 0 Å². The van der Waals surface area contributed by atoms with Gasteiger partial charge in [-0.3, -0.25) is 0 Å². The number of hydrogen-bond acceptors (Lipinski definition) is 3. The minimum atomic E-state index is -2.75. The Balaban J connectivity index is -0.0000000175. The van der Waals surface area contributed by atoms with Crippen LogP contribution in [0, 0.1) is 17.8 Å². The molecule has 0 bridgehead atoms. The van der Waals surface area contributed by atoms with E-state index in [1.54, 1.807) is 0 Å². The van der Waals surface area contributed by atoms with E-state index < -0.39 is 8.87 Å². The molecule has 0 atom stereocenters. The molecule has 3 rings (SSSR count). The smallest absolute Gasteiger partial charge is 0.198 e. The molecular weight excluding hydrogens is 709 g/mol. The fraction of sp³-hybridized carbons (Fsp3) is 0.922. The summed E-state index contributed by atoms with van der Waals surface area (Å²) in [6, 6.07) is 0. The lowest BCUT2D eigenvalue weighted by molar-refractivity contribution is 0.307. The quantitative estimate of drug-likeness (QED) is 0.189. The minimum Gasteiger partial charge on any atom is -0.218 e. The Morgan fingerprint density at radius 3 is 0.727 bits per heavy atom. The van der Waals surface area contributed by atoms with E-state index in [4.69, 9.17) is 0 Å². The SMILES string of the molecule is C.C.C.C.C.C.C.C.C.C.C.C.C=CCC.CC.CC.CC.CCC1CCC1.CCC1CCCC1.CCC1CCCCC1.CCC=CCC.CSS(C)(=O)=O. The second kappa shape index (κ2) is 111. The third-order valence-electron chi connectivity index (χ3n) is 7.39. The highest BCUT2D eigenvalue weighted by atomic mass is 33.1. The molecule has 3 saturated carbocycles. The Morgan fingerprint density at radius 1 is 0.455 bits per heavy atom. The van der Waals surface area contributed by atoms with E-state index in [1.165, 1.54) is 122 Å². The lowest BCUT2D eigenvalue weighted by Crippen LogP contribution is -2.08. The highest BCUT2D eigenvalue weighted by Gasteiger charge is 2.13. The maximum Gasteiger partial charge on any atom is 0.198 e. The molecule has 0 N–H and O–H groups in total. The van der Waals surface area contributed by atoms with Gasteiger partial charge in [0, 0.05) is 6.26 Å². The first-order valence-corrected chi connectivity index (χ1v) is 22.3. The van der Waals surface area contributed by atoms with Crippen LogP contribution in [0.2, 0.25) is 0 Å². The molecule has 362 valence electrons. The number of allylic oxidation sites excluding steroid dienone is 3. The Bertz CT molecular complexity index is 547. The van der Waals surface area contributed by atoms with Gasteiger partial charge >= 0.3 is 0 Å². The van der Waals surface area contributed by atoms with Crippen LogP contribution in [-0.4, -0.2) is 20.9 Å². The van der Waals surface area contributed by atoms with Gasteiger partial charge in [-0.2, -0.15) is 0 Å². The molecule has 0 aromatic carbocycles. The average molecular weight is 844 g/mol. The summed E-state index contributed by atoms with van der Waals surface area (Å²) in [7, 11) is -1.89. The van der Waals surface area contributed by atoms with Crippen LogP contribution < -0.4 is 0 Å². The van der Waals surface area contributed by atoms with Crippen LogP contribution in [0.1, 0.15) is 288 Å². The molecule has 55 heavy (non-hydrogen) atoms. The Labute approximate surface area is 369 Å². The summed E-state index contributed by atoms with van der Waals surface area (Å²) in [6.07, 6.45) is 34.7. The van der Waals surface area contributed by atoms with E-state index in [0.717, 1.165) is 35.0 Å². The predicted octanol–water partition coefficient (Wildman–Crippen LogP) is 22.7. The van der Waals surface area contributed by atoms with Gasteiger partial charge in [0.05, 0.1) is 0 Å². The Morgan fingerprint density at radius 2 is 0.636 bits per heavy atom. The van der Waals surface area contributed by atoms with E-state index in [1.807, 2.05) is 47.6 Å². The third kappa shape index (κ3) is 126. The fourth-order valence-corrected chi connectivity index (χ4v) is 4.25. The molecule has 2 nitrogen and oxygen atoms in total. The molecule has 4 heteroatoms. The first kappa shape index (κ1) is 117. The summed E-state index contributed by atoms with van der Waals surface area (Å²) in [6.45, 7) is 28.7. The van der Waals surface area contributed by atoms with Crippen molar-refractivity contribution < 1.29 is 8.42 Å². The van der Waals surface area contributed by atoms with E-state index in [9.17, 15) is 8.42 Å². The third-order valence-corrected chi connectivity index (χ3v) is 9.81. The van der Waals surface area contributed by atoms with Crippen LogP contribution in [0.5, 0.6) is 0 Å². The van der Waals surface area contributed by atoms with Gasteiger partial charge in [-0.15, -0.1) is 6.58 Å². The highest BCUT2D eigenvalue weighted by molar-refractivity contribution is 8.71. The zero-order valence-corrected chi connectivity index (χ0v) is 34.2. The first-order chi connectivity index (χ1) is 20.7. The number of hydrogen-bond donors (Lipinski definition) is 0. The molecule has 0 aliphatic heterocycles. The molecule has 0 amide bonds. The summed E-state index contributed by atoms with van der Waals surface area (Å²) in [5.41, 5.74) is 0. The summed E-state index contributed by atoms with van der Waals surface area (Å²) in [4.78, 5) is 0. The Hall–Kier alpha value is -0.220. The van der Waals surface area contributed by atoms with Crippen molar-refractivity contribution in [3.63, 3.8) is 0 Å². The van der Waals surface area contributed by atoms with Crippen molar-refractivity contribution in [3.8, 4) is 0 Å². The van der Waals surface area contributed by atoms with Crippen LogP contribution >= 0.6 is 10.8 Å². The number of rotatable bonds is 7. The maximum atomic E-state index is 9.96. The molecule has 3 aliphatic rings. The summed E-state index contributed by atoms with van der Waals surface area (Å²) < 4.78 is 19.9. The molecule has 0 radical (unpaired) electrons. The largest absolute Gasteiger partial charge is 0.218 e. The maximum absolute atomic E-state index is 9.96. The van der Waals surface area contributed by atoms with Gasteiger partial charge in [-0.05, 0) is 54.1 Å². The van der Waals surface area contributed by atoms with Gasteiger partial charge < -0.3 is 0 Å². The van der Waals surface area contributed by atoms with Gasteiger partial charge in [-0.1, -0.05) is 287 Å². The van der Waals surface area contributed by atoms with Gasteiger partial charge in [0.15, 0.2) is 8.87 Å². The van der Waals surface area contributed by atoms with Gasteiger partial charge in [-0.25, -0.2) is 8.42 Å². The zero-order chi connectivity index (χ0) is 34.8. The van der Waals surface area contributed by atoms with Crippen LogP contribution in [0.25, 0.3) is 0 Å². The summed E-state index contributed by atoms with van der Waals surface area (Å²) >= 11 is 0. The van der Waals surface area contributed by atoms with Gasteiger partial charge in [0.1, 0.15) is 0 Å². The lowest BCUT2D eigenvalue weighted by Gasteiger charge is -2.22. The van der Waals surface area contributed by atoms with Gasteiger partial charge in [0.25, 0.3) is 0 Å². The minimum absolute atomic E-state index is 0. The predicted molar refractivity (Wildman–Crippen MR) is 290 cm³/mol. The molecular formula is C51H134O2S2. The van der Waals surface area contributed by atoms with Crippen molar-refractivity contribution in [2.45, 2.75) is 288 Å². The van der Waals surface area contributed by atoms with E-state index in [0.29, 0.717) is 0 Å². The molecule has 3 fully saturated rings. The van der Waals surface area contributed by atoms with Crippen molar-refractivity contribution in [3.05, 3.63) is 24.8 Å². The van der Waals surface area contributed by atoms with Crippen molar-refractivity contribution in [2.24, 2.45) is 17.8 Å².